The Balaban J connectivity index is 1.19. The molecule has 8 aromatic rings. The molecule has 0 heterocycles. The number of allylic oxidation sites excluding steroid dienone is 2. The lowest BCUT2D eigenvalue weighted by molar-refractivity contribution is 0.282. The van der Waals surface area contributed by atoms with Crippen molar-refractivity contribution in [3.8, 4) is 0 Å². The number of nitrogens with zero attached hydrogens (tertiary/aromatic N) is 1. The molecule has 8 rings (SSSR count). The van der Waals surface area contributed by atoms with Crippen molar-refractivity contribution in [3.05, 3.63) is 256 Å². The zero-order valence-electron chi connectivity index (χ0n) is 32.4. The molecule has 2 heteroatoms. The minimum absolute atomic E-state index is 0.000420. The lowest BCUT2D eigenvalue weighted by Gasteiger charge is -2.27. The number of rotatable bonds is 11. The van der Waals surface area contributed by atoms with Gasteiger partial charge in [0.15, 0.2) is 0 Å². The first kappa shape index (κ1) is 36.9. The predicted octanol–water partition coefficient (Wildman–Crippen LogP) is 14.2. The highest BCUT2D eigenvalue weighted by molar-refractivity contribution is 6.03. The number of anilines is 3. The molecule has 0 aromatic heterocycles. The fourth-order valence-corrected chi connectivity index (χ4v) is 7.35. The van der Waals surface area contributed by atoms with Crippen molar-refractivity contribution >= 4 is 51.1 Å². The number of aliphatic hydroxyl groups excluding tert-OH is 1. The molecular weight excluding hydrogens is 691 g/mol. The van der Waals surface area contributed by atoms with Gasteiger partial charge in [-0.3, -0.25) is 0 Å². The van der Waals surface area contributed by atoms with Crippen molar-refractivity contribution in [3.63, 3.8) is 0 Å². The summed E-state index contributed by atoms with van der Waals surface area (Å²) in [4.78, 5) is 2.31. The van der Waals surface area contributed by atoms with Gasteiger partial charge in [-0.05, 0) is 106 Å². The van der Waals surface area contributed by atoms with Crippen LogP contribution in [0.1, 0.15) is 50.1 Å². The molecule has 0 saturated carbocycles. The Bertz CT molecular complexity index is 2580. The van der Waals surface area contributed by atoms with Crippen LogP contribution in [0.2, 0.25) is 0 Å². The summed E-state index contributed by atoms with van der Waals surface area (Å²) in [7, 11) is 0. The molecule has 0 bridgehead atoms. The first-order valence-electron chi connectivity index (χ1n) is 19.5. The molecule has 0 aliphatic heterocycles. The standard InChI is InChI=1S/C55H45NO/c1-40-20-28-47(29-21-40)51(48-30-22-41(2)23-31-48)19-11-16-46-32-37-55(53-18-10-9-17-52(46)53)56(50-35-26-43(39-57)27-36-50)49-33-24-42(25-34-49)38-54(44-12-5-3-6-13-44)45-14-7-4-8-15-45/h3-38,57H,39H2,1-2H3. The van der Waals surface area contributed by atoms with Gasteiger partial charge in [-0.2, -0.15) is 0 Å². The van der Waals surface area contributed by atoms with Crippen LogP contribution in [0.25, 0.3) is 34.1 Å². The third kappa shape index (κ3) is 8.48. The van der Waals surface area contributed by atoms with Crippen LogP contribution in [0.4, 0.5) is 17.1 Å². The fraction of sp³-hybridized carbons (Fsp3) is 0.0545. The molecule has 1 N–H and O–H groups in total. The Morgan fingerprint density at radius 1 is 0.474 bits per heavy atom. The lowest BCUT2D eigenvalue weighted by atomic mass is 9.95. The van der Waals surface area contributed by atoms with Crippen LogP contribution in [0.3, 0.4) is 0 Å². The molecule has 0 fully saturated rings. The van der Waals surface area contributed by atoms with E-state index in [1.165, 1.54) is 49.9 Å². The van der Waals surface area contributed by atoms with Gasteiger partial charge in [0.1, 0.15) is 0 Å². The van der Waals surface area contributed by atoms with Crippen LogP contribution in [0, 0.1) is 13.8 Å². The summed E-state index contributed by atoms with van der Waals surface area (Å²) in [6.07, 6.45) is 8.88. The second kappa shape index (κ2) is 17.2. The number of benzene rings is 8. The van der Waals surface area contributed by atoms with Crippen molar-refractivity contribution in [2.45, 2.75) is 20.5 Å². The van der Waals surface area contributed by atoms with Crippen molar-refractivity contribution in [2.24, 2.45) is 0 Å². The molecule has 57 heavy (non-hydrogen) atoms. The van der Waals surface area contributed by atoms with Crippen molar-refractivity contribution < 1.29 is 5.11 Å². The van der Waals surface area contributed by atoms with Crippen LogP contribution in [0.5, 0.6) is 0 Å². The van der Waals surface area contributed by atoms with Gasteiger partial charge < -0.3 is 10.0 Å². The summed E-state index contributed by atoms with van der Waals surface area (Å²) in [5, 5.41) is 12.2. The molecule has 0 aliphatic rings. The van der Waals surface area contributed by atoms with Crippen LogP contribution >= 0.6 is 0 Å². The van der Waals surface area contributed by atoms with E-state index in [-0.39, 0.29) is 6.61 Å². The van der Waals surface area contributed by atoms with Crippen LogP contribution in [-0.2, 0) is 6.61 Å². The Kier molecular flexibility index (Phi) is 11.2. The van der Waals surface area contributed by atoms with E-state index in [2.05, 4.69) is 225 Å². The van der Waals surface area contributed by atoms with Gasteiger partial charge in [0, 0.05) is 16.8 Å². The van der Waals surface area contributed by atoms with Gasteiger partial charge >= 0.3 is 0 Å². The van der Waals surface area contributed by atoms with E-state index in [1.807, 2.05) is 12.1 Å². The SMILES string of the molecule is Cc1ccc(C(=CC=Cc2ccc(N(c3ccc(C=C(c4ccccc4)c4ccccc4)cc3)c3ccc(CO)cc3)c3ccccc23)c2ccc(C)cc2)cc1. The van der Waals surface area contributed by atoms with E-state index in [4.69, 9.17) is 0 Å². The topological polar surface area (TPSA) is 23.5 Å². The summed E-state index contributed by atoms with van der Waals surface area (Å²) >= 11 is 0. The number of hydrogen-bond acceptors (Lipinski definition) is 2. The number of aryl methyl sites for hydroxylation is 2. The Hall–Kier alpha value is -7.00. The summed E-state index contributed by atoms with van der Waals surface area (Å²) in [6, 6.07) is 68.7. The minimum atomic E-state index is 0.000420. The number of aliphatic hydroxyl groups is 1. The van der Waals surface area contributed by atoms with Crippen molar-refractivity contribution in [1.82, 2.24) is 0 Å². The van der Waals surface area contributed by atoms with Crippen molar-refractivity contribution in [1.29, 1.82) is 0 Å². The fourth-order valence-electron chi connectivity index (χ4n) is 7.35. The molecule has 0 radical (unpaired) electrons. The quantitative estimate of drug-likeness (QED) is 0.106. The van der Waals surface area contributed by atoms with Crippen molar-refractivity contribution in [2.75, 3.05) is 4.90 Å². The summed E-state index contributed by atoms with van der Waals surface area (Å²) < 4.78 is 0. The summed E-state index contributed by atoms with van der Waals surface area (Å²) in [6.45, 7) is 4.25. The molecule has 0 spiro atoms. The molecule has 2 nitrogen and oxygen atoms in total. The highest BCUT2D eigenvalue weighted by atomic mass is 16.3. The van der Waals surface area contributed by atoms with Gasteiger partial charge in [-0.15, -0.1) is 0 Å². The van der Waals surface area contributed by atoms with Gasteiger partial charge in [0.2, 0.25) is 0 Å². The molecule has 0 amide bonds. The molecular formula is C55H45NO. The maximum Gasteiger partial charge on any atom is 0.0681 e. The third-order valence-corrected chi connectivity index (χ3v) is 10.4. The molecule has 0 unspecified atom stereocenters. The lowest BCUT2D eigenvalue weighted by Crippen LogP contribution is -2.10. The van der Waals surface area contributed by atoms with Gasteiger partial charge in [0.25, 0.3) is 0 Å². The first-order chi connectivity index (χ1) is 28.0. The zero-order valence-corrected chi connectivity index (χ0v) is 32.4. The monoisotopic (exact) mass is 735 g/mol. The summed E-state index contributed by atoms with van der Waals surface area (Å²) in [5.41, 5.74) is 15.9. The van der Waals surface area contributed by atoms with E-state index in [9.17, 15) is 5.11 Å². The van der Waals surface area contributed by atoms with E-state index < -0.39 is 0 Å². The smallest absolute Gasteiger partial charge is 0.0681 e. The molecule has 0 atom stereocenters. The van der Waals surface area contributed by atoms with Crippen LogP contribution in [-0.4, -0.2) is 5.11 Å². The highest BCUT2D eigenvalue weighted by Crippen LogP contribution is 2.40. The molecule has 0 aliphatic carbocycles. The summed E-state index contributed by atoms with van der Waals surface area (Å²) in [5.74, 6) is 0. The average Bonchev–Trinajstić information content (AvgIpc) is 3.27. The first-order valence-corrected chi connectivity index (χ1v) is 19.5. The Morgan fingerprint density at radius 2 is 0.965 bits per heavy atom. The van der Waals surface area contributed by atoms with Crippen LogP contribution in [0.15, 0.2) is 206 Å². The van der Waals surface area contributed by atoms with E-state index in [0.29, 0.717) is 0 Å². The Labute approximate surface area is 336 Å². The van der Waals surface area contributed by atoms with Crippen LogP contribution < -0.4 is 4.90 Å². The predicted molar refractivity (Wildman–Crippen MR) is 243 cm³/mol. The highest BCUT2D eigenvalue weighted by Gasteiger charge is 2.17. The maximum atomic E-state index is 9.87. The largest absolute Gasteiger partial charge is 0.392 e. The second-order valence-electron chi connectivity index (χ2n) is 14.4. The Morgan fingerprint density at radius 3 is 1.51 bits per heavy atom. The minimum Gasteiger partial charge on any atom is -0.392 e. The molecule has 276 valence electrons. The number of fused-ring (bicyclic) bond motifs is 1. The van der Waals surface area contributed by atoms with Gasteiger partial charge in [-0.1, -0.05) is 193 Å². The van der Waals surface area contributed by atoms with E-state index >= 15 is 0 Å². The maximum absolute atomic E-state index is 9.87. The zero-order chi connectivity index (χ0) is 39.0. The van der Waals surface area contributed by atoms with E-state index in [1.54, 1.807) is 0 Å². The normalized spacial score (nSPS) is 11.1. The van der Waals surface area contributed by atoms with E-state index in [0.717, 1.165) is 39.1 Å². The third-order valence-electron chi connectivity index (χ3n) is 10.4. The van der Waals surface area contributed by atoms with Gasteiger partial charge in [-0.25, -0.2) is 0 Å². The average molecular weight is 736 g/mol. The molecule has 8 aromatic carbocycles. The van der Waals surface area contributed by atoms with Gasteiger partial charge in [0.05, 0.1) is 12.3 Å². The molecule has 0 saturated heterocycles. The second-order valence-corrected chi connectivity index (χ2v) is 14.4. The number of hydrogen-bond donors (Lipinski definition) is 1.